The lowest BCUT2D eigenvalue weighted by Gasteiger charge is -2.09. The average Bonchev–Trinajstić information content (AvgIpc) is 3.35. The van der Waals surface area contributed by atoms with E-state index >= 15 is 0 Å². The summed E-state index contributed by atoms with van der Waals surface area (Å²) in [6.45, 7) is 2.00. The van der Waals surface area contributed by atoms with E-state index in [1.54, 1.807) is 24.3 Å². The van der Waals surface area contributed by atoms with Crippen molar-refractivity contribution in [3.63, 3.8) is 0 Å². The number of anilines is 2. The van der Waals surface area contributed by atoms with E-state index in [2.05, 4.69) is 16.0 Å². The predicted molar refractivity (Wildman–Crippen MR) is 95.1 cm³/mol. The highest BCUT2D eigenvalue weighted by Gasteiger charge is 2.23. The zero-order valence-corrected chi connectivity index (χ0v) is 13.6. The summed E-state index contributed by atoms with van der Waals surface area (Å²) in [5.74, 6) is -0.0588. The summed E-state index contributed by atoms with van der Waals surface area (Å²) in [4.78, 5) is 23.8. The molecule has 0 bridgehead atoms. The van der Waals surface area contributed by atoms with Gasteiger partial charge in [-0.1, -0.05) is 24.3 Å². The molecule has 0 spiro atoms. The van der Waals surface area contributed by atoms with Crippen LogP contribution in [0.1, 0.15) is 24.0 Å². The highest BCUT2D eigenvalue weighted by atomic mass is 16.2. The van der Waals surface area contributed by atoms with Crippen LogP contribution in [0.5, 0.6) is 0 Å². The monoisotopic (exact) mass is 323 g/mol. The first-order valence-electron chi connectivity index (χ1n) is 8.12. The Balaban J connectivity index is 1.52. The first kappa shape index (κ1) is 16.1. The van der Waals surface area contributed by atoms with Crippen molar-refractivity contribution in [1.29, 1.82) is 0 Å². The lowest BCUT2D eigenvalue weighted by molar-refractivity contribution is -0.115. The number of carbonyl (C=O) groups excluding carboxylic acids is 2. The molecule has 124 valence electrons. The Bertz CT molecular complexity index is 737. The molecule has 1 aliphatic carbocycles. The second-order valence-corrected chi connectivity index (χ2v) is 6.10. The van der Waals surface area contributed by atoms with Crippen LogP contribution in [-0.2, 0) is 11.2 Å². The summed E-state index contributed by atoms with van der Waals surface area (Å²) in [5, 5.41) is 8.51. The first-order valence-corrected chi connectivity index (χ1v) is 8.12. The van der Waals surface area contributed by atoms with Crippen molar-refractivity contribution in [3.8, 4) is 0 Å². The van der Waals surface area contributed by atoms with Crippen LogP contribution < -0.4 is 16.0 Å². The van der Waals surface area contributed by atoms with Crippen molar-refractivity contribution in [2.24, 2.45) is 0 Å². The highest BCUT2D eigenvalue weighted by molar-refractivity contribution is 5.93. The first-order chi connectivity index (χ1) is 11.6. The van der Waals surface area contributed by atoms with E-state index in [1.165, 1.54) is 0 Å². The standard InChI is InChI=1S/C19H21N3O2/c1-13-4-2-3-5-14(13)12-18(23)20-15-6-8-16(9-7-15)21-19(24)22-17-10-11-17/h2-9,17H,10-12H2,1H3,(H,20,23)(H2,21,22,24). The Morgan fingerprint density at radius 1 is 0.958 bits per heavy atom. The van der Waals surface area contributed by atoms with E-state index < -0.39 is 0 Å². The van der Waals surface area contributed by atoms with Gasteiger partial charge in [0.25, 0.3) is 0 Å². The molecule has 2 aromatic rings. The van der Waals surface area contributed by atoms with E-state index in [0.717, 1.165) is 24.0 Å². The fraction of sp³-hybridized carbons (Fsp3) is 0.263. The Hall–Kier alpha value is -2.82. The molecule has 0 aromatic heterocycles. The third kappa shape index (κ3) is 4.59. The summed E-state index contributed by atoms with van der Waals surface area (Å²) in [6.07, 6.45) is 2.45. The number of hydrogen-bond donors (Lipinski definition) is 3. The number of aryl methyl sites for hydroxylation is 1. The summed E-state index contributed by atoms with van der Waals surface area (Å²) < 4.78 is 0. The quantitative estimate of drug-likeness (QED) is 0.788. The molecule has 0 saturated heterocycles. The van der Waals surface area contributed by atoms with Gasteiger partial charge in [0.1, 0.15) is 0 Å². The maximum atomic E-state index is 12.1. The molecule has 2 aromatic carbocycles. The lowest BCUT2D eigenvalue weighted by atomic mass is 10.1. The molecule has 24 heavy (non-hydrogen) atoms. The number of benzene rings is 2. The normalized spacial score (nSPS) is 13.2. The molecule has 1 saturated carbocycles. The fourth-order valence-corrected chi connectivity index (χ4v) is 2.40. The largest absolute Gasteiger partial charge is 0.335 e. The maximum Gasteiger partial charge on any atom is 0.319 e. The maximum absolute atomic E-state index is 12.1. The predicted octanol–water partition coefficient (Wildman–Crippen LogP) is 3.46. The molecule has 0 atom stereocenters. The second kappa shape index (κ2) is 7.17. The summed E-state index contributed by atoms with van der Waals surface area (Å²) in [5.41, 5.74) is 3.53. The van der Waals surface area contributed by atoms with Crippen LogP contribution in [0.4, 0.5) is 16.2 Å². The van der Waals surface area contributed by atoms with Crippen LogP contribution in [0.15, 0.2) is 48.5 Å². The Labute approximate surface area is 141 Å². The minimum Gasteiger partial charge on any atom is -0.335 e. The van der Waals surface area contributed by atoms with Crippen molar-refractivity contribution >= 4 is 23.3 Å². The van der Waals surface area contributed by atoms with Crippen LogP contribution in [-0.4, -0.2) is 18.0 Å². The van der Waals surface area contributed by atoms with Crippen LogP contribution in [0.2, 0.25) is 0 Å². The van der Waals surface area contributed by atoms with Gasteiger partial charge in [-0.05, 0) is 55.2 Å². The van der Waals surface area contributed by atoms with Crippen molar-refractivity contribution in [1.82, 2.24) is 5.32 Å². The van der Waals surface area contributed by atoms with Gasteiger partial charge in [-0.2, -0.15) is 0 Å². The van der Waals surface area contributed by atoms with Crippen LogP contribution >= 0.6 is 0 Å². The number of hydrogen-bond acceptors (Lipinski definition) is 2. The van der Waals surface area contributed by atoms with Crippen LogP contribution in [0.25, 0.3) is 0 Å². The Morgan fingerprint density at radius 3 is 2.21 bits per heavy atom. The van der Waals surface area contributed by atoms with E-state index in [9.17, 15) is 9.59 Å². The number of nitrogens with one attached hydrogen (secondary N) is 3. The van der Waals surface area contributed by atoms with E-state index in [4.69, 9.17) is 0 Å². The zero-order chi connectivity index (χ0) is 16.9. The molecule has 0 aliphatic heterocycles. The number of carbonyl (C=O) groups is 2. The van der Waals surface area contributed by atoms with Gasteiger partial charge in [-0.3, -0.25) is 4.79 Å². The highest BCUT2D eigenvalue weighted by Crippen LogP contribution is 2.19. The van der Waals surface area contributed by atoms with E-state index in [0.29, 0.717) is 23.8 Å². The van der Waals surface area contributed by atoms with E-state index in [1.807, 2.05) is 31.2 Å². The molecule has 0 unspecified atom stereocenters. The minimum atomic E-state index is -0.186. The number of urea groups is 1. The smallest absolute Gasteiger partial charge is 0.319 e. The third-order valence-corrected chi connectivity index (χ3v) is 3.95. The van der Waals surface area contributed by atoms with Crippen molar-refractivity contribution in [2.45, 2.75) is 32.2 Å². The number of rotatable bonds is 5. The van der Waals surface area contributed by atoms with Crippen LogP contribution in [0, 0.1) is 6.92 Å². The molecule has 3 rings (SSSR count). The summed E-state index contributed by atoms with van der Waals surface area (Å²) in [7, 11) is 0. The SMILES string of the molecule is Cc1ccccc1CC(=O)Nc1ccc(NC(=O)NC2CC2)cc1. The van der Waals surface area contributed by atoms with Crippen molar-refractivity contribution in [3.05, 3.63) is 59.7 Å². The van der Waals surface area contributed by atoms with Gasteiger partial charge in [0.05, 0.1) is 6.42 Å². The molecular weight excluding hydrogens is 302 g/mol. The second-order valence-electron chi connectivity index (χ2n) is 6.10. The third-order valence-electron chi connectivity index (χ3n) is 3.95. The fourth-order valence-electron chi connectivity index (χ4n) is 2.40. The zero-order valence-electron chi connectivity index (χ0n) is 13.6. The molecule has 3 N–H and O–H groups in total. The van der Waals surface area contributed by atoms with E-state index in [-0.39, 0.29) is 11.9 Å². The summed E-state index contributed by atoms with van der Waals surface area (Å²) >= 11 is 0. The molecule has 5 heteroatoms. The van der Waals surface area contributed by atoms with Gasteiger partial charge in [0.15, 0.2) is 0 Å². The van der Waals surface area contributed by atoms with Crippen LogP contribution in [0.3, 0.4) is 0 Å². The van der Waals surface area contributed by atoms with Crippen molar-refractivity contribution < 1.29 is 9.59 Å². The lowest BCUT2D eigenvalue weighted by Crippen LogP contribution is -2.30. The van der Waals surface area contributed by atoms with Gasteiger partial charge >= 0.3 is 6.03 Å². The van der Waals surface area contributed by atoms with Gasteiger partial charge in [-0.15, -0.1) is 0 Å². The Morgan fingerprint density at radius 2 is 1.58 bits per heavy atom. The molecule has 1 aliphatic rings. The molecule has 3 amide bonds. The number of amides is 3. The molecule has 0 radical (unpaired) electrons. The van der Waals surface area contributed by atoms with Crippen molar-refractivity contribution in [2.75, 3.05) is 10.6 Å². The average molecular weight is 323 g/mol. The minimum absolute atomic E-state index is 0.0588. The topological polar surface area (TPSA) is 70.2 Å². The summed E-state index contributed by atoms with van der Waals surface area (Å²) in [6, 6.07) is 15.1. The van der Waals surface area contributed by atoms with Gasteiger partial charge < -0.3 is 16.0 Å². The Kier molecular flexibility index (Phi) is 4.79. The molecule has 0 heterocycles. The molecule has 5 nitrogen and oxygen atoms in total. The van der Waals surface area contributed by atoms with Gasteiger partial charge in [0.2, 0.25) is 5.91 Å². The van der Waals surface area contributed by atoms with Gasteiger partial charge in [-0.25, -0.2) is 4.79 Å². The van der Waals surface area contributed by atoms with Gasteiger partial charge in [0, 0.05) is 17.4 Å². The molecular formula is C19H21N3O2. The molecule has 1 fully saturated rings.